The molecular formula is C32H28N4O4S. The minimum atomic E-state index is -0.352. The second-order valence-electron chi connectivity index (χ2n) is 9.74. The van der Waals surface area contributed by atoms with E-state index in [4.69, 9.17) is 9.47 Å². The summed E-state index contributed by atoms with van der Waals surface area (Å²) < 4.78 is 12.4. The van der Waals surface area contributed by atoms with Crippen LogP contribution in [0, 0.1) is 0 Å². The Kier molecular flexibility index (Phi) is 7.11. The maximum Gasteiger partial charge on any atom is 0.337 e. The first-order valence-corrected chi connectivity index (χ1v) is 14.0. The smallest absolute Gasteiger partial charge is 0.337 e. The van der Waals surface area contributed by atoms with Gasteiger partial charge in [-0.2, -0.15) is 0 Å². The van der Waals surface area contributed by atoms with Crippen LogP contribution in [0.3, 0.4) is 0 Å². The molecule has 4 heterocycles. The second kappa shape index (κ2) is 11.0. The van der Waals surface area contributed by atoms with Crippen molar-refractivity contribution in [3.05, 3.63) is 94.6 Å². The molecule has 0 saturated carbocycles. The van der Waals surface area contributed by atoms with Crippen LogP contribution in [0.15, 0.2) is 73.1 Å². The fraction of sp³-hybridized carbons (Fsp3) is 0.188. The van der Waals surface area contributed by atoms with Crippen molar-refractivity contribution in [3.8, 4) is 27.6 Å². The van der Waals surface area contributed by atoms with Crippen molar-refractivity contribution >= 4 is 40.3 Å². The Hall–Kier alpha value is -4.76. The summed E-state index contributed by atoms with van der Waals surface area (Å²) in [5.41, 5.74) is 6.23. The molecule has 1 amide bonds. The molecule has 1 aliphatic rings. The fourth-order valence-corrected chi connectivity index (χ4v) is 6.50. The third-order valence-corrected chi connectivity index (χ3v) is 8.66. The number of methoxy groups -OCH3 is 2. The molecule has 6 rings (SSSR count). The summed E-state index contributed by atoms with van der Waals surface area (Å²) >= 11 is 1.74. The number of carbonyl (C=O) groups is 2. The first-order valence-electron chi connectivity index (χ1n) is 13.2. The third kappa shape index (κ3) is 4.89. The van der Waals surface area contributed by atoms with Gasteiger partial charge < -0.3 is 18.9 Å². The molecule has 2 aromatic carbocycles. The number of hydrogen-bond acceptors (Lipinski definition) is 7. The minimum Gasteiger partial charge on any atom is -0.480 e. The number of benzene rings is 2. The van der Waals surface area contributed by atoms with Crippen LogP contribution in [0.25, 0.3) is 38.8 Å². The first-order chi connectivity index (χ1) is 20.0. The highest BCUT2D eigenvalue weighted by molar-refractivity contribution is 7.15. The summed E-state index contributed by atoms with van der Waals surface area (Å²) in [5, 5.41) is 0.766. The van der Waals surface area contributed by atoms with E-state index in [9.17, 15) is 9.59 Å². The zero-order valence-electron chi connectivity index (χ0n) is 23.0. The summed E-state index contributed by atoms with van der Waals surface area (Å²) in [5.74, 6) is 0.0557. The van der Waals surface area contributed by atoms with Crippen LogP contribution in [0.4, 0.5) is 0 Å². The van der Waals surface area contributed by atoms with Crippen LogP contribution in [0.5, 0.6) is 5.88 Å². The Balaban J connectivity index is 1.27. The van der Waals surface area contributed by atoms with Gasteiger partial charge in [0, 0.05) is 41.5 Å². The van der Waals surface area contributed by atoms with Gasteiger partial charge in [-0.1, -0.05) is 42.5 Å². The number of aryl methyl sites for hydroxylation is 1. The molecule has 0 spiro atoms. The molecule has 5 aromatic rings. The van der Waals surface area contributed by atoms with Crippen molar-refractivity contribution in [2.75, 3.05) is 20.8 Å². The number of esters is 1. The number of fused-ring (bicyclic) bond motifs is 2. The first kappa shape index (κ1) is 26.5. The standard InChI is InChI=1S/C32H28N4O4S/c1-35-29(21-7-5-4-6-8-21)24(28-30(35)33-19-34-31(28)39-2)13-14-27(37)36-16-15-25-23(18-36)17-26(41-25)20-9-11-22(12-10-20)32(38)40-3/h4-14,17,19H,15-16,18H2,1-3H3/b14-13+. The number of carbonyl (C=O) groups excluding carboxylic acids is 2. The number of thiophene rings is 1. The van der Waals surface area contributed by atoms with E-state index < -0.39 is 0 Å². The van der Waals surface area contributed by atoms with Gasteiger partial charge >= 0.3 is 5.97 Å². The average Bonchev–Trinajstić information content (AvgIpc) is 3.58. The second-order valence-corrected chi connectivity index (χ2v) is 10.9. The molecule has 3 aromatic heterocycles. The summed E-state index contributed by atoms with van der Waals surface area (Å²) in [6.07, 6.45) is 5.78. The maximum atomic E-state index is 13.5. The van der Waals surface area contributed by atoms with E-state index in [2.05, 4.69) is 16.0 Å². The van der Waals surface area contributed by atoms with Gasteiger partial charge in [-0.15, -0.1) is 11.3 Å². The molecule has 0 bridgehead atoms. The van der Waals surface area contributed by atoms with Gasteiger partial charge in [-0.05, 0) is 47.4 Å². The Morgan fingerprint density at radius 3 is 2.51 bits per heavy atom. The van der Waals surface area contributed by atoms with Crippen LogP contribution in [0.1, 0.15) is 26.4 Å². The fourth-order valence-electron chi connectivity index (χ4n) is 5.33. The maximum absolute atomic E-state index is 13.5. The minimum absolute atomic E-state index is 0.0577. The molecule has 9 heteroatoms. The lowest BCUT2D eigenvalue weighted by molar-refractivity contribution is -0.126. The quantitative estimate of drug-likeness (QED) is 0.193. The van der Waals surface area contributed by atoms with Crippen LogP contribution >= 0.6 is 11.3 Å². The van der Waals surface area contributed by atoms with E-state index in [0.29, 0.717) is 24.5 Å². The number of hydrogen-bond donors (Lipinski definition) is 0. The summed E-state index contributed by atoms with van der Waals surface area (Å²) in [4.78, 5) is 38.3. The monoisotopic (exact) mass is 564 g/mol. The van der Waals surface area contributed by atoms with Gasteiger partial charge in [0.2, 0.25) is 11.8 Å². The molecule has 41 heavy (non-hydrogen) atoms. The van der Waals surface area contributed by atoms with Gasteiger partial charge in [0.25, 0.3) is 0 Å². The van der Waals surface area contributed by atoms with E-state index in [1.165, 1.54) is 18.3 Å². The van der Waals surface area contributed by atoms with Crippen molar-refractivity contribution in [1.82, 2.24) is 19.4 Å². The van der Waals surface area contributed by atoms with E-state index in [0.717, 1.165) is 50.3 Å². The van der Waals surface area contributed by atoms with Gasteiger partial charge in [0.15, 0.2) is 0 Å². The number of amides is 1. The highest BCUT2D eigenvalue weighted by atomic mass is 32.1. The van der Waals surface area contributed by atoms with Gasteiger partial charge in [0.05, 0.1) is 30.9 Å². The lowest BCUT2D eigenvalue weighted by Crippen LogP contribution is -2.34. The lowest BCUT2D eigenvalue weighted by atomic mass is 10.0. The molecule has 206 valence electrons. The molecule has 0 atom stereocenters. The lowest BCUT2D eigenvalue weighted by Gasteiger charge is -2.25. The highest BCUT2D eigenvalue weighted by Crippen LogP contribution is 2.38. The Morgan fingerprint density at radius 2 is 1.78 bits per heavy atom. The van der Waals surface area contributed by atoms with Crippen LogP contribution in [-0.4, -0.2) is 52.1 Å². The molecule has 0 saturated heterocycles. The summed E-state index contributed by atoms with van der Waals surface area (Å²) in [7, 11) is 4.92. The zero-order valence-corrected chi connectivity index (χ0v) is 23.8. The molecule has 0 radical (unpaired) electrons. The van der Waals surface area contributed by atoms with E-state index >= 15 is 0 Å². The molecule has 8 nitrogen and oxygen atoms in total. The predicted octanol–water partition coefficient (Wildman–Crippen LogP) is 5.76. The largest absolute Gasteiger partial charge is 0.480 e. The summed E-state index contributed by atoms with van der Waals surface area (Å²) in [6, 6.07) is 19.6. The topological polar surface area (TPSA) is 86.6 Å². The van der Waals surface area contributed by atoms with Crippen molar-refractivity contribution in [2.24, 2.45) is 7.05 Å². The molecule has 0 unspecified atom stereocenters. The molecule has 0 fully saturated rings. The van der Waals surface area contributed by atoms with E-state index in [1.54, 1.807) is 36.7 Å². The van der Waals surface area contributed by atoms with E-state index in [-0.39, 0.29) is 11.9 Å². The molecule has 0 aliphatic carbocycles. The van der Waals surface area contributed by atoms with Gasteiger partial charge in [-0.25, -0.2) is 14.8 Å². The van der Waals surface area contributed by atoms with Crippen molar-refractivity contribution < 1.29 is 19.1 Å². The Bertz CT molecular complexity index is 1790. The van der Waals surface area contributed by atoms with E-state index in [1.807, 2.05) is 65.1 Å². The van der Waals surface area contributed by atoms with Gasteiger partial charge in [0.1, 0.15) is 12.0 Å². The number of ether oxygens (including phenoxy) is 2. The van der Waals surface area contributed by atoms with Crippen LogP contribution in [-0.2, 0) is 29.5 Å². The molecule has 1 aliphatic heterocycles. The SMILES string of the molecule is COC(=O)c1ccc(-c2cc3c(s2)CCN(C(=O)/C=C/c2c(-c4ccccc4)n(C)c4ncnc(OC)c24)C3)cc1. The van der Waals surface area contributed by atoms with Crippen molar-refractivity contribution in [1.29, 1.82) is 0 Å². The summed E-state index contributed by atoms with van der Waals surface area (Å²) in [6.45, 7) is 1.19. The Labute approximate surface area is 241 Å². The highest BCUT2D eigenvalue weighted by Gasteiger charge is 2.24. The number of rotatable bonds is 6. The normalized spacial score (nSPS) is 13.0. The van der Waals surface area contributed by atoms with Gasteiger partial charge in [-0.3, -0.25) is 4.79 Å². The van der Waals surface area contributed by atoms with Crippen molar-refractivity contribution in [3.63, 3.8) is 0 Å². The predicted molar refractivity (Wildman–Crippen MR) is 160 cm³/mol. The number of aromatic nitrogens is 3. The van der Waals surface area contributed by atoms with Crippen molar-refractivity contribution in [2.45, 2.75) is 13.0 Å². The zero-order chi connectivity index (χ0) is 28.5. The third-order valence-electron chi connectivity index (χ3n) is 7.37. The Morgan fingerprint density at radius 1 is 1.00 bits per heavy atom. The van der Waals surface area contributed by atoms with Crippen LogP contribution in [0.2, 0.25) is 0 Å². The van der Waals surface area contributed by atoms with Crippen LogP contribution < -0.4 is 4.74 Å². The average molecular weight is 565 g/mol. The molecular weight excluding hydrogens is 536 g/mol. The number of nitrogens with zero attached hydrogens (tertiary/aromatic N) is 4. The molecule has 0 N–H and O–H groups in total.